The van der Waals surface area contributed by atoms with Crippen molar-refractivity contribution in [1.29, 1.82) is 0 Å². The van der Waals surface area contributed by atoms with Crippen molar-refractivity contribution in [3.05, 3.63) is 84.4 Å². The van der Waals surface area contributed by atoms with E-state index in [0.717, 1.165) is 6.07 Å². The van der Waals surface area contributed by atoms with Crippen LogP contribution in [0.3, 0.4) is 0 Å². The van der Waals surface area contributed by atoms with Gasteiger partial charge in [-0.25, -0.2) is 8.42 Å². The molecule has 0 spiro atoms. The third-order valence-corrected chi connectivity index (χ3v) is 8.35. The summed E-state index contributed by atoms with van der Waals surface area (Å²) in [6, 6.07) is 17.7. The van der Waals surface area contributed by atoms with Crippen LogP contribution in [-0.2, 0) is 25.1 Å². The summed E-state index contributed by atoms with van der Waals surface area (Å²) in [6.45, 7) is -4.32. The lowest BCUT2D eigenvalue weighted by molar-refractivity contribution is -0.274. The number of nitrogens with zero attached hydrogens (tertiary/aromatic N) is 1. The second-order valence-corrected chi connectivity index (χ2v) is 10.6. The van der Waals surface area contributed by atoms with Crippen molar-refractivity contribution in [1.82, 2.24) is 4.31 Å². The number of hydrogen-bond acceptors (Lipinski definition) is 5. The average molecular weight is 572 g/mol. The van der Waals surface area contributed by atoms with Crippen LogP contribution in [0.5, 0.6) is 5.75 Å². The molecule has 0 heterocycles. The number of para-hydroxylation sites is 1. The van der Waals surface area contributed by atoms with Crippen molar-refractivity contribution in [2.45, 2.75) is 42.4 Å². The highest BCUT2D eigenvalue weighted by atomic mass is 32.2. The summed E-state index contributed by atoms with van der Waals surface area (Å²) in [7, 11) is -4.54. The first-order valence-electron chi connectivity index (χ1n) is 11.5. The molecule has 0 amide bonds. The number of ether oxygens (including phenoxy) is 2. The van der Waals surface area contributed by atoms with Gasteiger partial charge in [-0.2, -0.15) is 13.1 Å². The minimum absolute atomic E-state index is 0.00871. The fourth-order valence-corrected chi connectivity index (χ4v) is 6.52. The van der Waals surface area contributed by atoms with Gasteiger partial charge in [-0.3, -0.25) is 4.79 Å². The smallest absolute Gasteiger partial charge is 0.480 e. The van der Waals surface area contributed by atoms with Crippen molar-refractivity contribution >= 4 is 16.0 Å². The molecule has 208 valence electrons. The summed E-state index contributed by atoms with van der Waals surface area (Å²) in [6.07, 6.45) is -6.39. The molecule has 39 heavy (non-hydrogen) atoms. The molecule has 0 aromatic heterocycles. The number of carboxylic acid groups (broad SMARTS) is 1. The molecular formula is C26H22F5NO6S. The highest BCUT2D eigenvalue weighted by Gasteiger charge is 2.58. The van der Waals surface area contributed by atoms with E-state index in [1.807, 2.05) is 0 Å². The van der Waals surface area contributed by atoms with Gasteiger partial charge in [0.15, 0.2) is 0 Å². The molecule has 1 N–H and O–H groups in total. The number of halogens is 5. The van der Waals surface area contributed by atoms with E-state index in [-0.39, 0.29) is 34.4 Å². The van der Waals surface area contributed by atoms with Crippen LogP contribution >= 0.6 is 0 Å². The second-order valence-electron chi connectivity index (χ2n) is 8.69. The van der Waals surface area contributed by atoms with Gasteiger partial charge in [-0.05, 0) is 42.2 Å². The van der Waals surface area contributed by atoms with Crippen LogP contribution in [-0.4, -0.2) is 49.4 Å². The minimum Gasteiger partial charge on any atom is -0.480 e. The first kappa shape index (κ1) is 28.5. The predicted octanol–water partition coefficient (Wildman–Crippen LogP) is 5.62. The molecule has 1 aliphatic rings. The summed E-state index contributed by atoms with van der Waals surface area (Å²) < 4.78 is 102. The zero-order valence-electron chi connectivity index (χ0n) is 20.0. The van der Waals surface area contributed by atoms with E-state index in [4.69, 9.17) is 4.74 Å². The predicted molar refractivity (Wildman–Crippen MR) is 128 cm³/mol. The molecule has 7 nitrogen and oxygen atoms in total. The summed E-state index contributed by atoms with van der Waals surface area (Å²) in [4.78, 5) is 11.6. The van der Waals surface area contributed by atoms with Gasteiger partial charge in [-0.15, -0.1) is 13.2 Å². The Bertz CT molecular complexity index is 1420. The molecule has 13 heteroatoms. The van der Waals surface area contributed by atoms with Crippen LogP contribution in [0, 0.1) is 0 Å². The maximum atomic E-state index is 13.7. The fraction of sp³-hybridized carbons (Fsp3) is 0.269. The topological polar surface area (TPSA) is 93.1 Å². The maximum absolute atomic E-state index is 13.7. The SMILES string of the molecule is O=C(O)CN(C1(c2ccc(-c3ccccc3OC(F)(F)F)cc2)CCC1OC(F)F)S(=O)(=O)c1ccccc1. The van der Waals surface area contributed by atoms with Crippen molar-refractivity contribution < 1.29 is 49.7 Å². The molecule has 1 aliphatic carbocycles. The van der Waals surface area contributed by atoms with Gasteiger partial charge in [0.2, 0.25) is 10.0 Å². The molecule has 3 aromatic carbocycles. The number of rotatable bonds is 10. The number of carboxylic acids is 1. The molecule has 0 saturated heterocycles. The third-order valence-electron chi connectivity index (χ3n) is 6.45. The quantitative estimate of drug-likeness (QED) is 0.318. The molecule has 1 saturated carbocycles. The van der Waals surface area contributed by atoms with Gasteiger partial charge in [0.05, 0.1) is 16.5 Å². The van der Waals surface area contributed by atoms with Crippen LogP contribution in [0.15, 0.2) is 83.8 Å². The molecule has 2 atom stereocenters. The number of carbonyl (C=O) groups is 1. The van der Waals surface area contributed by atoms with E-state index in [1.165, 1.54) is 66.7 Å². The van der Waals surface area contributed by atoms with E-state index in [0.29, 0.717) is 4.31 Å². The van der Waals surface area contributed by atoms with Crippen molar-refractivity contribution in [2.75, 3.05) is 6.54 Å². The Labute approximate surface area is 220 Å². The molecule has 1 fully saturated rings. The average Bonchev–Trinajstić information content (AvgIpc) is 2.86. The van der Waals surface area contributed by atoms with E-state index < -0.39 is 52.9 Å². The minimum atomic E-state index is -4.95. The van der Waals surface area contributed by atoms with Gasteiger partial charge in [0, 0.05) is 5.56 Å². The molecular weight excluding hydrogens is 549 g/mol. The summed E-state index contributed by atoms with van der Waals surface area (Å²) in [5, 5.41) is 9.61. The second kappa shape index (κ2) is 10.9. The zero-order valence-corrected chi connectivity index (χ0v) is 20.8. The van der Waals surface area contributed by atoms with Gasteiger partial charge >= 0.3 is 18.9 Å². The fourth-order valence-electron chi connectivity index (χ4n) is 4.74. The lowest BCUT2D eigenvalue weighted by Gasteiger charge is -2.54. The standard InChI is InChI=1S/C26H22F5NO6S/c27-24(28)37-22-14-15-25(22,32(16-23(33)34)39(35,36)19-6-2-1-3-7-19)18-12-10-17(11-13-18)20-8-4-5-9-21(20)38-26(29,30)31/h1-13,22,24H,14-16H2,(H,33,34). The van der Waals surface area contributed by atoms with Crippen molar-refractivity contribution in [3.63, 3.8) is 0 Å². The summed E-state index contributed by atoms with van der Waals surface area (Å²) in [5.74, 6) is -2.00. The van der Waals surface area contributed by atoms with E-state index in [1.54, 1.807) is 6.07 Å². The molecule has 4 rings (SSSR count). The molecule has 0 bridgehead atoms. The summed E-state index contributed by atoms with van der Waals surface area (Å²) in [5.41, 5.74) is -1.36. The Kier molecular flexibility index (Phi) is 7.96. The monoisotopic (exact) mass is 571 g/mol. The summed E-state index contributed by atoms with van der Waals surface area (Å²) >= 11 is 0. The first-order chi connectivity index (χ1) is 18.3. The number of aliphatic carboxylic acids is 1. The Morgan fingerprint density at radius 1 is 1.00 bits per heavy atom. The number of hydrogen-bond donors (Lipinski definition) is 1. The largest absolute Gasteiger partial charge is 0.573 e. The van der Waals surface area contributed by atoms with Crippen molar-refractivity contribution in [3.8, 4) is 16.9 Å². The molecule has 0 radical (unpaired) electrons. The molecule has 0 aliphatic heterocycles. The highest BCUT2D eigenvalue weighted by Crippen LogP contribution is 2.51. The normalized spacial score (nSPS) is 19.6. The van der Waals surface area contributed by atoms with Crippen LogP contribution in [0.1, 0.15) is 18.4 Å². The Morgan fingerprint density at radius 2 is 1.62 bits per heavy atom. The third kappa shape index (κ3) is 5.89. The van der Waals surface area contributed by atoms with Gasteiger partial charge < -0.3 is 14.6 Å². The first-order valence-corrected chi connectivity index (χ1v) is 13.0. The van der Waals surface area contributed by atoms with Crippen LogP contribution in [0.4, 0.5) is 22.0 Å². The van der Waals surface area contributed by atoms with E-state index >= 15 is 0 Å². The lowest BCUT2D eigenvalue weighted by atomic mass is 9.68. The number of sulfonamides is 1. The van der Waals surface area contributed by atoms with Gasteiger partial charge in [0.25, 0.3) is 0 Å². The van der Waals surface area contributed by atoms with E-state index in [9.17, 15) is 40.3 Å². The Balaban J connectivity index is 1.83. The lowest BCUT2D eigenvalue weighted by Crippen LogP contribution is -2.64. The van der Waals surface area contributed by atoms with Gasteiger partial charge in [-0.1, -0.05) is 60.7 Å². The number of alkyl halides is 5. The zero-order chi connectivity index (χ0) is 28.4. The highest BCUT2D eigenvalue weighted by molar-refractivity contribution is 7.89. The maximum Gasteiger partial charge on any atom is 0.573 e. The molecule has 2 unspecified atom stereocenters. The van der Waals surface area contributed by atoms with Crippen molar-refractivity contribution in [2.24, 2.45) is 0 Å². The van der Waals surface area contributed by atoms with Crippen LogP contribution < -0.4 is 4.74 Å². The van der Waals surface area contributed by atoms with Gasteiger partial charge in [0.1, 0.15) is 12.3 Å². The number of benzene rings is 3. The Morgan fingerprint density at radius 3 is 2.15 bits per heavy atom. The van der Waals surface area contributed by atoms with Crippen LogP contribution in [0.25, 0.3) is 11.1 Å². The molecule has 3 aromatic rings. The Hall–Kier alpha value is -3.55. The van der Waals surface area contributed by atoms with Crippen LogP contribution in [0.2, 0.25) is 0 Å². The van der Waals surface area contributed by atoms with E-state index in [2.05, 4.69) is 4.74 Å².